The zero-order chi connectivity index (χ0) is 12.3. The molecule has 2 aromatic heterocycles. The van der Waals surface area contributed by atoms with Gasteiger partial charge in [0.25, 0.3) is 0 Å². The van der Waals surface area contributed by atoms with E-state index in [-0.39, 0.29) is 6.04 Å². The first-order valence-electron chi connectivity index (χ1n) is 5.79. The monoisotopic (exact) mass is 228 g/mol. The van der Waals surface area contributed by atoms with Gasteiger partial charge in [-0.15, -0.1) is 11.5 Å². The zero-order valence-electron chi connectivity index (χ0n) is 10.1. The van der Waals surface area contributed by atoms with E-state index in [2.05, 4.69) is 28.2 Å². The molecule has 1 atom stereocenters. The van der Waals surface area contributed by atoms with Crippen LogP contribution in [0.3, 0.4) is 0 Å². The van der Waals surface area contributed by atoms with Gasteiger partial charge in [-0.3, -0.25) is 0 Å². The van der Waals surface area contributed by atoms with Gasteiger partial charge in [-0.1, -0.05) is 25.3 Å². The Bertz CT molecular complexity index is 550. The van der Waals surface area contributed by atoms with Gasteiger partial charge >= 0.3 is 0 Å². The normalized spacial score (nSPS) is 12.3. The second-order valence-electron chi connectivity index (χ2n) is 4.05. The molecule has 0 aliphatic rings. The van der Waals surface area contributed by atoms with Gasteiger partial charge in [-0.25, -0.2) is 4.52 Å². The lowest BCUT2D eigenvalue weighted by atomic mass is 10.2. The number of pyridine rings is 1. The van der Waals surface area contributed by atoms with Crippen molar-refractivity contribution in [2.75, 3.05) is 5.32 Å². The van der Waals surface area contributed by atoms with Crippen LogP contribution in [0.25, 0.3) is 5.65 Å². The van der Waals surface area contributed by atoms with E-state index in [1.807, 2.05) is 25.3 Å². The molecule has 0 aliphatic heterocycles. The summed E-state index contributed by atoms with van der Waals surface area (Å²) >= 11 is 0. The topological polar surface area (TPSA) is 42.2 Å². The Balaban J connectivity index is 2.25. The third-order valence-corrected chi connectivity index (χ3v) is 2.64. The molecule has 0 amide bonds. The minimum Gasteiger partial charge on any atom is -0.339 e. The smallest absolute Gasteiger partial charge is 0.244 e. The predicted octanol–water partition coefficient (Wildman–Crippen LogP) is 2.25. The molecule has 88 valence electrons. The maximum Gasteiger partial charge on any atom is 0.244 e. The summed E-state index contributed by atoms with van der Waals surface area (Å²) in [4.78, 5) is 4.43. The molecule has 1 N–H and O–H groups in total. The molecule has 4 nitrogen and oxygen atoms in total. The lowest BCUT2D eigenvalue weighted by molar-refractivity contribution is 0.747. The highest BCUT2D eigenvalue weighted by Crippen LogP contribution is 2.11. The van der Waals surface area contributed by atoms with Crippen molar-refractivity contribution in [3.05, 3.63) is 23.9 Å². The number of terminal acetylenes is 1. The van der Waals surface area contributed by atoms with Gasteiger partial charge in [0.05, 0.1) is 6.04 Å². The Labute approximate surface area is 101 Å². The molecule has 2 aromatic rings. The summed E-state index contributed by atoms with van der Waals surface area (Å²) in [5, 5.41) is 7.51. The van der Waals surface area contributed by atoms with Crippen LogP contribution in [-0.4, -0.2) is 20.6 Å². The Morgan fingerprint density at radius 2 is 2.41 bits per heavy atom. The fourth-order valence-electron chi connectivity index (χ4n) is 1.74. The number of nitrogens with zero attached hydrogens (tertiary/aromatic N) is 3. The molecule has 2 rings (SSSR count). The Kier molecular flexibility index (Phi) is 3.29. The summed E-state index contributed by atoms with van der Waals surface area (Å²) in [6.45, 7) is 4.12. The lowest BCUT2D eigenvalue weighted by Gasteiger charge is -2.08. The van der Waals surface area contributed by atoms with E-state index in [1.165, 1.54) is 0 Å². The van der Waals surface area contributed by atoms with Crippen molar-refractivity contribution in [1.29, 1.82) is 0 Å². The van der Waals surface area contributed by atoms with Gasteiger partial charge in [0.2, 0.25) is 5.95 Å². The Hall–Kier alpha value is -2.02. The number of hydrogen-bond donors (Lipinski definition) is 1. The molecule has 0 aromatic carbocycles. The molecule has 17 heavy (non-hydrogen) atoms. The number of nitrogens with one attached hydrogen (secondary N) is 1. The number of rotatable bonds is 4. The first-order chi connectivity index (χ1) is 8.24. The number of aromatic nitrogens is 3. The van der Waals surface area contributed by atoms with Crippen molar-refractivity contribution in [2.45, 2.75) is 32.7 Å². The highest BCUT2D eigenvalue weighted by Gasteiger charge is 2.09. The van der Waals surface area contributed by atoms with Crippen LogP contribution in [0.4, 0.5) is 5.95 Å². The fourth-order valence-corrected chi connectivity index (χ4v) is 1.74. The zero-order valence-corrected chi connectivity index (χ0v) is 10.1. The molecule has 4 heteroatoms. The van der Waals surface area contributed by atoms with Gasteiger partial charge in [0.1, 0.15) is 0 Å². The molecule has 2 heterocycles. The SMILES string of the molecule is C#CC(CCC)Nc1nc2c(C)cccn2n1. The highest BCUT2D eigenvalue weighted by molar-refractivity contribution is 5.50. The van der Waals surface area contributed by atoms with Crippen LogP contribution in [0, 0.1) is 19.3 Å². The predicted molar refractivity (Wildman–Crippen MR) is 68.9 cm³/mol. The number of hydrogen-bond acceptors (Lipinski definition) is 3. The van der Waals surface area contributed by atoms with Crippen molar-refractivity contribution in [3.8, 4) is 12.3 Å². The van der Waals surface area contributed by atoms with Crippen LogP contribution in [0.2, 0.25) is 0 Å². The van der Waals surface area contributed by atoms with E-state index in [9.17, 15) is 0 Å². The third-order valence-electron chi connectivity index (χ3n) is 2.64. The van der Waals surface area contributed by atoms with Crippen molar-refractivity contribution < 1.29 is 0 Å². The van der Waals surface area contributed by atoms with E-state index in [4.69, 9.17) is 6.42 Å². The second-order valence-corrected chi connectivity index (χ2v) is 4.05. The molecule has 0 spiro atoms. The average molecular weight is 228 g/mol. The van der Waals surface area contributed by atoms with Gasteiger partial charge in [-0.05, 0) is 25.0 Å². The largest absolute Gasteiger partial charge is 0.339 e. The molecule has 0 saturated carbocycles. The van der Waals surface area contributed by atoms with Crippen molar-refractivity contribution in [2.24, 2.45) is 0 Å². The minimum absolute atomic E-state index is 0.00211. The molecule has 0 saturated heterocycles. The summed E-state index contributed by atoms with van der Waals surface area (Å²) in [6.07, 6.45) is 9.29. The van der Waals surface area contributed by atoms with Crippen LogP contribution in [0.1, 0.15) is 25.3 Å². The molecule has 1 unspecified atom stereocenters. The third kappa shape index (κ3) is 2.39. The quantitative estimate of drug-likeness (QED) is 0.816. The Morgan fingerprint density at radius 1 is 1.59 bits per heavy atom. The molecule has 0 radical (unpaired) electrons. The van der Waals surface area contributed by atoms with Crippen LogP contribution in [0.5, 0.6) is 0 Å². The van der Waals surface area contributed by atoms with Crippen molar-refractivity contribution in [1.82, 2.24) is 14.6 Å². The highest BCUT2D eigenvalue weighted by atomic mass is 15.3. The molecular formula is C13H16N4. The van der Waals surface area contributed by atoms with Crippen LogP contribution < -0.4 is 5.32 Å². The van der Waals surface area contributed by atoms with Crippen LogP contribution >= 0.6 is 0 Å². The van der Waals surface area contributed by atoms with Gasteiger partial charge in [0, 0.05) is 6.20 Å². The van der Waals surface area contributed by atoms with Crippen LogP contribution in [-0.2, 0) is 0 Å². The standard InChI is InChI=1S/C13H16N4/c1-4-7-11(5-2)14-13-15-12-10(3)8-6-9-17(12)16-13/h2,6,8-9,11H,4,7H2,1,3H3,(H,14,16). The molecular weight excluding hydrogens is 212 g/mol. The fraction of sp³-hybridized carbons (Fsp3) is 0.385. The number of anilines is 1. The average Bonchev–Trinajstić information content (AvgIpc) is 2.72. The second kappa shape index (κ2) is 4.88. The number of aryl methyl sites for hydroxylation is 1. The minimum atomic E-state index is -0.00211. The summed E-state index contributed by atoms with van der Waals surface area (Å²) < 4.78 is 1.76. The molecule has 0 bridgehead atoms. The summed E-state index contributed by atoms with van der Waals surface area (Å²) in [7, 11) is 0. The van der Waals surface area contributed by atoms with Crippen LogP contribution in [0.15, 0.2) is 18.3 Å². The van der Waals surface area contributed by atoms with E-state index >= 15 is 0 Å². The van der Waals surface area contributed by atoms with Gasteiger partial charge < -0.3 is 5.32 Å². The van der Waals surface area contributed by atoms with E-state index in [0.29, 0.717) is 5.95 Å². The summed E-state index contributed by atoms with van der Waals surface area (Å²) in [5.74, 6) is 3.30. The molecule has 0 aliphatic carbocycles. The summed E-state index contributed by atoms with van der Waals surface area (Å²) in [6, 6.07) is 3.96. The summed E-state index contributed by atoms with van der Waals surface area (Å²) in [5.41, 5.74) is 1.96. The first-order valence-corrected chi connectivity index (χ1v) is 5.79. The van der Waals surface area contributed by atoms with E-state index in [1.54, 1.807) is 4.52 Å². The molecule has 0 fully saturated rings. The Morgan fingerprint density at radius 3 is 3.06 bits per heavy atom. The van der Waals surface area contributed by atoms with E-state index in [0.717, 1.165) is 24.1 Å². The van der Waals surface area contributed by atoms with Crippen molar-refractivity contribution in [3.63, 3.8) is 0 Å². The van der Waals surface area contributed by atoms with Gasteiger partial charge in [0.15, 0.2) is 5.65 Å². The van der Waals surface area contributed by atoms with Crippen molar-refractivity contribution >= 4 is 11.6 Å². The van der Waals surface area contributed by atoms with E-state index < -0.39 is 0 Å². The lowest BCUT2D eigenvalue weighted by Crippen LogP contribution is -2.17. The number of fused-ring (bicyclic) bond motifs is 1. The van der Waals surface area contributed by atoms with Gasteiger partial charge in [-0.2, -0.15) is 4.98 Å². The first kappa shape index (κ1) is 11.5. The maximum absolute atomic E-state index is 5.46. The maximum atomic E-state index is 5.46.